The van der Waals surface area contributed by atoms with Gasteiger partial charge in [-0.1, -0.05) is 13.8 Å². The molecule has 0 radical (unpaired) electrons. The van der Waals surface area contributed by atoms with Crippen LogP contribution >= 0.6 is 0 Å². The van der Waals surface area contributed by atoms with Crippen LogP contribution in [0, 0.1) is 16.0 Å². The molecule has 0 atom stereocenters. The molecule has 1 fully saturated rings. The maximum Gasteiger partial charge on any atom is 0.341 e. The van der Waals surface area contributed by atoms with Crippen molar-refractivity contribution in [3.05, 3.63) is 33.9 Å². The van der Waals surface area contributed by atoms with Crippen LogP contribution in [0.25, 0.3) is 0 Å². The van der Waals surface area contributed by atoms with Crippen LogP contribution in [-0.4, -0.2) is 43.0 Å². The highest BCUT2D eigenvalue weighted by Crippen LogP contribution is 2.29. The van der Waals surface area contributed by atoms with Crippen LogP contribution in [0.15, 0.2) is 18.2 Å². The summed E-state index contributed by atoms with van der Waals surface area (Å²) in [6, 6.07) is 4.19. The topological polar surface area (TPSA) is 102 Å². The maximum atomic E-state index is 12.5. The zero-order valence-electron chi connectivity index (χ0n) is 15.2. The lowest BCUT2D eigenvalue weighted by atomic mass is 9.98. The summed E-state index contributed by atoms with van der Waals surface area (Å²) in [6.45, 7) is 5.74. The number of amides is 1. The molecule has 0 aliphatic carbocycles. The molecule has 1 aromatic rings. The van der Waals surface area contributed by atoms with Gasteiger partial charge in [0, 0.05) is 31.8 Å². The molecule has 1 heterocycles. The van der Waals surface area contributed by atoms with Crippen molar-refractivity contribution in [3.8, 4) is 0 Å². The Morgan fingerprint density at radius 2 is 2.04 bits per heavy atom. The number of rotatable bonds is 7. The maximum absolute atomic E-state index is 12.5. The largest absolute Gasteiger partial charge is 0.452 e. The molecule has 1 saturated heterocycles. The second-order valence-electron chi connectivity index (χ2n) is 6.55. The third-order valence-corrected chi connectivity index (χ3v) is 4.44. The first-order chi connectivity index (χ1) is 12.4. The van der Waals surface area contributed by atoms with Crippen molar-refractivity contribution in [3.63, 3.8) is 0 Å². The number of piperidine rings is 1. The fraction of sp³-hybridized carbons (Fsp3) is 0.556. The Hall–Kier alpha value is -2.64. The fourth-order valence-electron chi connectivity index (χ4n) is 2.85. The number of esters is 1. The van der Waals surface area contributed by atoms with Gasteiger partial charge in [0.25, 0.3) is 11.6 Å². The highest BCUT2D eigenvalue weighted by atomic mass is 16.6. The summed E-state index contributed by atoms with van der Waals surface area (Å²) in [4.78, 5) is 36.7. The molecule has 142 valence electrons. The second-order valence-corrected chi connectivity index (χ2v) is 6.55. The molecule has 1 aliphatic rings. The summed E-state index contributed by atoms with van der Waals surface area (Å²) >= 11 is 0. The van der Waals surface area contributed by atoms with E-state index in [-0.39, 0.29) is 17.2 Å². The van der Waals surface area contributed by atoms with Gasteiger partial charge in [-0.25, -0.2) is 4.79 Å². The Labute approximate surface area is 152 Å². The Balaban J connectivity index is 2.17. The summed E-state index contributed by atoms with van der Waals surface area (Å²) in [5.74, 6) is -0.505. The summed E-state index contributed by atoms with van der Waals surface area (Å²) < 4.78 is 5.07. The van der Waals surface area contributed by atoms with Crippen molar-refractivity contribution in [2.75, 3.05) is 31.1 Å². The Morgan fingerprint density at radius 3 is 2.65 bits per heavy atom. The molecule has 0 saturated carbocycles. The summed E-state index contributed by atoms with van der Waals surface area (Å²) in [5.41, 5.74) is 0.556. The third-order valence-electron chi connectivity index (χ3n) is 4.44. The fourth-order valence-corrected chi connectivity index (χ4v) is 2.85. The molecule has 8 heteroatoms. The van der Waals surface area contributed by atoms with Crippen LogP contribution in [0.4, 0.5) is 11.4 Å². The van der Waals surface area contributed by atoms with E-state index in [9.17, 15) is 19.7 Å². The lowest BCUT2D eigenvalue weighted by Gasteiger charge is -2.33. The minimum Gasteiger partial charge on any atom is -0.452 e. The first-order valence-electron chi connectivity index (χ1n) is 8.89. The number of nitro groups is 1. The van der Waals surface area contributed by atoms with Crippen molar-refractivity contribution in [2.45, 2.75) is 33.1 Å². The molecule has 0 spiro atoms. The first kappa shape index (κ1) is 19.7. The van der Waals surface area contributed by atoms with Gasteiger partial charge in [0.15, 0.2) is 6.61 Å². The van der Waals surface area contributed by atoms with Crippen molar-refractivity contribution in [1.29, 1.82) is 0 Å². The van der Waals surface area contributed by atoms with Gasteiger partial charge in [0.1, 0.15) is 0 Å². The smallest absolute Gasteiger partial charge is 0.341 e. The predicted octanol–water partition coefficient (Wildman–Crippen LogP) is 2.51. The Morgan fingerprint density at radius 1 is 1.35 bits per heavy atom. The molecule has 0 unspecified atom stereocenters. The number of nitro benzene ring substituents is 1. The zero-order chi connectivity index (χ0) is 19.1. The Kier molecular flexibility index (Phi) is 6.94. The van der Waals surface area contributed by atoms with E-state index in [0.717, 1.165) is 32.4 Å². The van der Waals surface area contributed by atoms with Crippen LogP contribution in [-0.2, 0) is 9.53 Å². The van der Waals surface area contributed by atoms with Gasteiger partial charge < -0.3 is 15.0 Å². The van der Waals surface area contributed by atoms with E-state index in [1.807, 2.05) is 11.8 Å². The van der Waals surface area contributed by atoms with Crippen molar-refractivity contribution in [2.24, 2.45) is 5.92 Å². The molecule has 0 bridgehead atoms. The van der Waals surface area contributed by atoms with E-state index >= 15 is 0 Å². The highest BCUT2D eigenvalue weighted by molar-refractivity contribution is 5.97. The number of anilines is 1. The van der Waals surface area contributed by atoms with Crippen molar-refractivity contribution < 1.29 is 19.2 Å². The van der Waals surface area contributed by atoms with Gasteiger partial charge in [-0.15, -0.1) is 0 Å². The average molecular weight is 363 g/mol. The molecule has 1 amide bonds. The van der Waals surface area contributed by atoms with E-state index in [4.69, 9.17) is 4.74 Å². The van der Waals surface area contributed by atoms with Gasteiger partial charge in [-0.05, 0) is 31.2 Å². The number of carbonyl (C=O) groups is 2. The first-order valence-corrected chi connectivity index (χ1v) is 8.89. The van der Waals surface area contributed by atoms with E-state index in [1.165, 1.54) is 12.1 Å². The molecule has 2 rings (SSSR count). The molecule has 1 aromatic carbocycles. The van der Waals surface area contributed by atoms with E-state index in [2.05, 4.69) is 12.2 Å². The molecule has 26 heavy (non-hydrogen) atoms. The van der Waals surface area contributed by atoms with Gasteiger partial charge in [-0.3, -0.25) is 14.9 Å². The third kappa shape index (κ3) is 5.18. The van der Waals surface area contributed by atoms with Gasteiger partial charge >= 0.3 is 5.97 Å². The summed E-state index contributed by atoms with van der Waals surface area (Å²) in [7, 11) is 0. The number of hydrogen-bond donors (Lipinski definition) is 1. The minimum atomic E-state index is -0.728. The number of nitrogens with one attached hydrogen (secondary N) is 1. The Bertz CT molecular complexity index is 669. The number of benzene rings is 1. The van der Waals surface area contributed by atoms with Crippen LogP contribution in [0.5, 0.6) is 0 Å². The quantitative estimate of drug-likeness (QED) is 0.454. The zero-order valence-corrected chi connectivity index (χ0v) is 15.2. The highest BCUT2D eigenvalue weighted by Gasteiger charge is 2.24. The van der Waals surface area contributed by atoms with Crippen molar-refractivity contribution in [1.82, 2.24) is 5.32 Å². The van der Waals surface area contributed by atoms with Crippen LogP contribution < -0.4 is 10.2 Å². The lowest BCUT2D eigenvalue weighted by molar-refractivity contribution is -0.384. The summed E-state index contributed by atoms with van der Waals surface area (Å²) in [6.07, 6.45) is 2.76. The number of ether oxygens (including phenoxy) is 1. The van der Waals surface area contributed by atoms with Gasteiger partial charge in [0.2, 0.25) is 0 Å². The molecule has 1 N–H and O–H groups in total. The molecule has 1 aliphatic heterocycles. The van der Waals surface area contributed by atoms with Gasteiger partial charge in [0.05, 0.1) is 16.2 Å². The molecule has 0 aromatic heterocycles. The number of carbonyl (C=O) groups excluding carboxylic acids is 2. The number of non-ortho nitro benzene ring substituents is 1. The average Bonchev–Trinajstić information content (AvgIpc) is 2.64. The molecular formula is C18H25N3O5. The van der Waals surface area contributed by atoms with Crippen LogP contribution in [0.1, 0.15) is 43.5 Å². The van der Waals surface area contributed by atoms with Crippen LogP contribution in [0.3, 0.4) is 0 Å². The SMILES string of the molecule is CCCNC(=O)COC(=O)c1cc([N+](=O)[O-])ccc1N1CCC(C)CC1. The van der Waals surface area contributed by atoms with E-state index < -0.39 is 17.5 Å². The van der Waals surface area contributed by atoms with E-state index in [0.29, 0.717) is 18.2 Å². The van der Waals surface area contributed by atoms with E-state index in [1.54, 1.807) is 6.07 Å². The predicted molar refractivity (Wildman–Crippen MR) is 97.3 cm³/mol. The molecular weight excluding hydrogens is 338 g/mol. The monoisotopic (exact) mass is 363 g/mol. The second kappa shape index (κ2) is 9.17. The van der Waals surface area contributed by atoms with Crippen molar-refractivity contribution >= 4 is 23.3 Å². The van der Waals surface area contributed by atoms with Gasteiger partial charge in [-0.2, -0.15) is 0 Å². The standard InChI is InChI=1S/C18H25N3O5/c1-3-8-19-17(22)12-26-18(23)15-11-14(21(24)25)4-5-16(15)20-9-6-13(2)7-10-20/h4-5,11,13H,3,6-10,12H2,1-2H3,(H,19,22). The number of nitrogens with zero attached hydrogens (tertiary/aromatic N) is 2. The lowest BCUT2D eigenvalue weighted by Crippen LogP contribution is -2.34. The minimum absolute atomic E-state index is 0.122. The van der Waals surface area contributed by atoms with Crippen LogP contribution in [0.2, 0.25) is 0 Å². The number of hydrogen-bond acceptors (Lipinski definition) is 6. The molecule has 8 nitrogen and oxygen atoms in total. The normalized spacial score (nSPS) is 14.8. The summed E-state index contributed by atoms with van der Waals surface area (Å²) in [5, 5.41) is 13.7.